The van der Waals surface area contributed by atoms with Crippen molar-refractivity contribution >= 4 is 33.2 Å². The Morgan fingerprint density at radius 3 is 2.56 bits per heavy atom. The minimum Gasteiger partial charge on any atom is -0.372 e. The zero-order valence-electron chi connectivity index (χ0n) is 9.97. The molecular formula is C13H19BrClN. The van der Waals surface area contributed by atoms with E-state index in [-0.39, 0.29) is 0 Å². The largest absolute Gasteiger partial charge is 0.372 e. The Kier molecular flexibility index (Phi) is 6.22. The lowest BCUT2D eigenvalue weighted by molar-refractivity contribution is 0.732. The van der Waals surface area contributed by atoms with Gasteiger partial charge in [-0.25, -0.2) is 0 Å². The number of halogens is 2. The van der Waals surface area contributed by atoms with Crippen molar-refractivity contribution in [1.82, 2.24) is 0 Å². The van der Waals surface area contributed by atoms with Crippen molar-refractivity contribution in [3.63, 3.8) is 0 Å². The molecule has 0 saturated heterocycles. The summed E-state index contributed by atoms with van der Waals surface area (Å²) in [4.78, 5) is 2.37. The van der Waals surface area contributed by atoms with E-state index in [1.54, 1.807) is 0 Å². The molecule has 0 spiro atoms. The molecule has 0 aliphatic heterocycles. The molecule has 0 aromatic heterocycles. The number of alkyl halides is 1. The third kappa shape index (κ3) is 3.67. The molecule has 0 heterocycles. The van der Waals surface area contributed by atoms with Crippen LogP contribution in [0.1, 0.15) is 32.3 Å². The number of rotatable bonds is 6. The SMILES string of the molecule is CCCCN(CC)c1ccc(CBr)c(Cl)c1. The molecular weight excluding hydrogens is 286 g/mol. The maximum absolute atomic E-state index is 6.21. The molecule has 1 rings (SSSR count). The van der Waals surface area contributed by atoms with Crippen LogP contribution in [0.25, 0.3) is 0 Å². The van der Waals surface area contributed by atoms with Gasteiger partial charge in [0.1, 0.15) is 0 Å². The average Bonchev–Trinajstić information content (AvgIpc) is 2.30. The fourth-order valence-corrected chi connectivity index (χ4v) is 2.55. The maximum Gasteiger partial charge on any atom is 0.0467 e. The van der Waals surface area contributed by atoms with E-state index < -0.39 is 0 Å². The number of hydrogen-bond donors (Lipinski definition) is 0. The van der Waals surface area contributed by atoms with Crippen molar-refractivity contribution in [3.8, 4) is 0 Å². The molecule has 90 valence electrons. The molecule has 0 amide bonds. The van der Waals surface area contributed by atoms with Crippen LogP contribution in [0.2, 0.25) is 5.02 Å². The van der Waals surface area contributed by atoms with E-state index in [1.165, 1.54) is 18.5 Å². The Hall–Kier alpha value is -0.210. The Bertz CT molecular complexity index is 328. The highest BCUT2D eigenvalue weighted by atomic mass is 79.9. The molecule has 3 heteroatoms. The summed E-state index contributed by atoms with van der Waals surface area (Å²) in [7, 11) is 0. The van der Waals surface area contributed by atoms with Gasteiger partial charge in [-0.15, -0.1) is 0 Å². The predicted octanol–water partition coefficient (Wildman–Crippen LogP) is 4.86. The predicted molar refractivity (Wildman–Crippen MR) is 76.9 cm³/mol. The van der Waals surface area contributed by atoms with E-state index >= 15 is 0 Å². The molecule has 0 unspecified atom stereocenters. The molecule has 0 radical (unpaired) electrons. The van der Waals surface area contributed by atoms with Crippen LogP contribution in [0.5, 0.6) is 0 Å². The zero-order chi connectivity index (χ0) is 12.0. The van der Waals surface area contributed by atoms with E-state index in [9.17, 15) is 0 Å². The van der Waals surface area contributed by atoms with E-state index in [0.29, 0.717) is 0 Å². The monoisotopic (exact) mass is 303 g/mol. The first-order valence-corrected chi connectivity index (χ1v) is 7.32. The van der Waals surface area contributed by atoms with Gasteiger partial charge in [0.15, 0.2) is 0 Å². The first kappa shape index (κ1) is 13.9. The van der Waals surface area contributed by atoms with Crippen molar-refractivity contribution in [1.29, 1.82) is 0 Å². The van der Waals surface area contributed by atoms with Crippen LogP contribution < -0.4 is 4.90 Å². The highest BCUT2D eigenvalue weighted by Crippen LogP contribution is 2.25. The average molecular weight is 305 g/mol. The highest BCUT2D eigenvalue weighted by Gasteiger charge is 2.06. The second-order valence-corrected chi connectivity index (χ2v) is 4.81. The number of unbranched alkanes of at least 4 members (excludes halogenated alkanes) is 1. The Morgan fingerprint density at radius 1 is 1.31 bits per heavy atom. The van der Waals surface area contributed by atoms with Crippen LogP contribution in [-0.4, -0.2) is 13.1 Å². The van der Waals surface area contributed by atoms with Crippen LogP contribution >= 0.6 is 27.5 Å². The van der Waals surface area contributed by atoms with Gasteiger partial charge in [0.05, 0.1) is 0 Å². The lowest BCUT2D eigenvalue weighted by Crippen LogP contribution is -2.23. The fourth-order valence-electron chi connectivity index (χ4n) is 1.66. The number of anilines is 1. The van der Waals surface area contributed by atoms with Crippen molar-refractivity contribution in [2.75, 3.05) is 18.0 Å². The van der Waals surface area contributed by atoms with Crippen molar-refractivity contribution < 1.29 is 0 Å². The third-order valence-corrected chi connectivity index (χ3v) is 3.67. The van der Waals surface area contributed by atoms with Crippen molar-refractivity contribution in [2.24, 2.45) is 0 Å². The standard InChI is InChI=1S/C13H19BrClN/c1-3-5-8-16(4-2)12-7-6-11(10-14)13(15)9-12/h6-7,9H,3-5,8,10H2,1-2H3. The summed E-state index contributed by atoms with van der Waals surface area (Å²) in [5.74, 6) is 0. The molecule has 1 nitrogen and oxygen atoms in total. The van der Waals surface area contributed by atoms with Gasteiger partial charge in [-0.3, -0.25) is 0 Å². The second-order valence-electron chi connectivity index (χ2n) is 3.84. The van der Waals surface area contributed by atoms with E-state index in [2.05, 4.69) is 52.9 Å². The number of nitrogens with zero attached hydrogens (tertiary/aromatic N) is 1. The highest BCUT2D eigenvalue weighted by molar-refractivity contribution is 9.08. The summed E-state index contributed by atoms with van der Waals surface area (Å²) in [5.41, 5.74) is 2.38. The van der Waals surface area contributed by atoms with Crippen LogP contribution in [0.4, 0.5) is 5.69 Å². The molecule has 1 aromatic carbocycles. The number of benzene rings is 1. The van der Waals surface area contributed by atoms with Gasteiger partial charge in [-0.2, -0.15) is 0 Å². The summed E-state index contributed by atoms with van der Waals surface area (Å²) in [5, 5.41) is 1.66. The minimum atomic E-state index is 0.813. The van der Waals surface area contributed by atoms with Gasteiger partial charge < -0.3 is 4.90 Å². The lowest BCUT2D eigenvalue weighted by Gasteiger charge is -2.23. The van der Waals surface area contributed by atoms with E-state index in [1.807, 2.05) is 0 Å². The summed E-state index contributed by atoms with van der Waals surface area (Å²) in [6, 6.07) is 6.32. The van der Waals surface area contributed by atoms with E-state index in [4.69, 9.17) is 11.6 Å². The van der Waals surface area contributed by atoms with Gasteiger partial charge in [-0.1, -0.05) is 46.9 Å². The normalized spacial score (nSPS) is 10.5. The van der Waals surface area contributed by atoms with Gasteiger partial charge in [0.2, 0.25) is 0 Å². The quantitative estimate of drug-likeness (QED) is 0.678. The molecule has 0 N–H and O–H groups in total. The molecule has 0 atom stereocenters. The summed E-state index contributed by atoms with van der Waals surface area (Å²) in [6.45, 7) is 6.54. The molecule has 1 aromatic rings. The molecule has 0 fully saturated rings. The fraction of sp³-hybridized carbons (Fsp3) is 0.538. The first-order chi connectivity index (χ1) is 7.72. The molecule has 0 saturated carbocycles. The zero-order valence-corrected chi connectivity index (χ0v) is 12.3. The van der Waals surface area contributed by atoms with Crippen molar-refractivity contribution in [2.45, 2.75) is 32.0 Å². The third-order valence-electron chi connectivity index (χ3n) is 2.71. The molecule has 16 heavy (non-hydrogen) atoms. The smallest absolute Gasteiger partial charge is 0.0467 e. The van der Waals surface area contributed by atoms with E-state index in [0.717, 1.165) is 29.0 Å². The summed E-state index contributed by atoms with van der Waals surface area (Å²) in [6.07, 6.45) is 2.45. The molecule has 0 bridgehead atoms. The minimum absolute atomic E-state index is 0.813. The Morgan fingerprint density at radius 2 is 2.06 bits per heavy atom. The van der Waals surface area contributed by atoms with Gasteiger partial charge >= 0.3 is 0 Å². The first-order valence-electron chi connectivity index (χ1n) is 5.82. The summed E-state index contributed by atoms with van der Waals surface area (Å²) < 4.78 is 0. The van der Waals surface area contributed by atoms with Crippen LogP contribution in [-0.2, 0) is 5.33 Å². The van der Waals surface area contributed by atoms with Crippen molar-refractivity contribution in [3.05, 3.63) is 28.8 Å². The second kappa shape index (κ2) is 7.18. The number of hydrogen-bond acceptors (Lipinski definition) is 1. The lowest BCUT2D eigenvalue weighted by atomic mass is 10.2. The van der Waals surface area contributed by atoms with Crippen LogP contribution in [0.3, 0.4) is 0 Å². The van der Waals surface area contributed by atoms with Crippen LogP contribution in [0.15, 0.2) is 18.2 Å². The maximum atomic E-state index is 6.21. The molecule has 0 aliphatic rings. The van der Waals surface area contributed by atoms with Gasteiger partial charge in [0.25, 0.3) is 0 Å². The van der Waals surface area contributed by atoms with Crippen LogP contribution in [0, 0.1) is 0 Å². The van der Waals surface area contributed by atoms with Gasteiger partial charge in [-0.05, 0) is 31.0 Å². The van der Waals surface area contributed by atoms with Gasteiger partial charge in [0, 0.05) is 29.1 Å². The Labute approximate surface area is 112 Å². The topological polar surface area (TPSA) is 3.24 Å². The summed E-state index contributed by atoms with van der Waals surface area (Å²) >= 11 is 9.64. The molecule has 0 aliphatic carbocycles. The Balaban J connectivity index is 2.80.